The number of sulfonamides is 1. The van der Waals surface area contributed by atoms with Crippen molar-refractivity contribution in [3.8, 4) is 5.75 Å². The lowest BCUT2D eigenvalue weighted by Gasteiger charge is -2.33. The van der Waals surface area contributed by atoms with Crippen LogP contribution in [0.5, 0.6) is 5.75 Å². The third-order valence-electron chi connectivity index (χ3n) is 5.90. The minimum atomic E-state index is -3.66. The third-order valence-corrected chi connectivity index (χ3v) is 7.04. The molecule has 2 aromatic rings. The molecule has 0 aromatic heterocycles. The summed E-state index contributed by atoms with van der Waals surface area (Å²) in [5, 5.41) is 2.92. The van der Waals surface area contributed by atoms with Gasteiger partial charge in [0.15, 0.2) is 0 Å². The standard InChI is InChI=1S/C25H35N3O4S/c1-5-32-24-10-6-9-23(16-24)28(33(4,30)31)18-25(29)26-20(3)21-11-13-22(14-12-21)27-15-7-8-19(2)17-27/h6,9-14,16,19-20H,5,7-8,15,17-18H2,1-4H3,(H,26,29). The Morgan fingerprint density at radius 1 is 1.24 bits per heavy atom. The predicted octanol–water partition coefficient (Wildman–Crippen LogP) is 3.97. The van der Waals surface area contributed by atoms with E-state index in [1.807, 2.05) is 26.0 Å². The summed E-state index contributed by atoms with van der Waals surface area (Å²) < 4.78 is 31.4. The fourth-order valence-electron chi connectivity index (χ4n) is 4.19. The number of carbonyl (C=O) groups is 1. The van der Waals surface area contributed by atoms with Gasteiger partial charge in [-0.25, -0.2) is 8.42 Å². The SMILES string of the molecule is CCOc1cccc(N(CC(=O)NC(C)c2ccc(N3CCCC(C)C3)cc2)S(C)(=O)=O)c1. The number of rotatable bonds is 9. The first kappa shape index (κ1) is 24.9. The zero-order valence-corrected chi connectivity index (χ0v) is 20.8. The zero-order chi connectivity index (χ0) is 24.0. The maximum atomic E-state index is 12.8. The van der Waals surface area contributed by atoms with E-state index in [4.69, 9.17) is 4.74 Å². The van der Waals surface area contributed by atoms with Crippen molar-refractivity contribution in [3.63, 3.8) is 0 Å². The second-order valence-corrected chi connectivity index (χ2v) is 10.7. The van der Waals surface area contributed by atoms with Crippen LogP contribution in [0, 0.1) is 5.92 Å². The Bertz CT molecular complexity index is 1040. The molecule has 0 radical (unpaired) electrons. The van der Waals surface area contributed by atoms with Crippen LogP contribution < -0.4 is 19.3 Å². The summed E-state index contributed by atoms with van der Waals surface area (Å²) in [6, 6.07) is 14.7. The molecule has 1 aliphatic rings. The van der Waals surface area contributed by atoms with Crippen LogP contribution in [0.3, 0.4) is 0 Å². The van der Waals surface area contributed by atoms with E-state index in [1.54, 1.807) is 24.3 Å². The van der Waals surface area contributed by atoms with Crippen LogP contribution in [0.25, 0.3) is 0 Å². The number of hydrogen-bond acceptors (Lipinski definition) is 5. The van der Waals surface area contributed by atoms with Gasteiger partial charge < -0.3 is 15.0 Å². The molecule has 180 valence electrons. The Morgan fingerprint density at radius 2 is 1.97 bits per heavy atom. The molecule has 2 unspecified atom stereocenters. The average molecular weight is 474 g/mol. The molecule has 0 saturated carbocycles. The summed E-state index contributed by atoms with van der Waals surface area (Å²) >= 11 is 0. The molecule has 1 fully saturated rings. The summed E-state index contributed by atoms with van der Waals surface area (Å²) in [6.07, 6.45) is 3.58. The number of benzene rings is 2. The van der Waals surface area contributed by atoms with Crippen molar-refractivity contribution in [1.29, 1.82) is 0 Å². The van der Waals surface area contributed by atoms with Gasteiger partial charge in [0.2, 0.25) is 15.9 Å². The Hall–Kier alpha value is -2.74. The minimum absolute atomic E-state index is 0.247. The molecule has 1 N–H and O–H groups in total. The van der Waals surface area contributed by atoms with E-state index in [-0.39, 0.29) is 18.5 Å². The number of hydrogen-bond donors (Lipinski definition) is 1. The van der Waals surface area contributed by atoms with Gasteiger partial charge in [-0.2, -0.15) is 0 Å². The molecule has 33 heavy (non-hydrogen) atoms. The first-order valence-electron chi connectivity index (χ1n) is 11.5. The molecule has 2 atom stereocenters. The molecular weight excluding hydrogens is 438 g/mol. The molecule has 0 bridgehead atoms. The van der Waals surface area contributed by atoms with Gasteiger partial charge in [0.05, 0.1) is 24.6 Å². The van der Waals surface area contributed by atoms with Crippen molar-refractivity contribution in [2.75, 3.05) is 41.7 Å². The Balaban J connectivity index is 1.66. The van der Waals surface area contributed by atoms with Crippen LogP contribution in [0.1, 0.15) is 45.2 Å². The maximum Gasteiger partial charge on any atom is 0.241 e. The molecule has 1 heterocycles. The van der Waals surface area contributed by atoms with E-state index in [0.29, 0.717) is 24.0 Å². The second-order valence-electron chi connectivity index (χ2n) is 8.77. The van der Waals surface area contributed by atoms with Gasteiger partial charge in [-0.3, -0.25) is 9.10 Å². The first-order valence-corrected chi connectivity index (χ1v) is 13.4. The number of nitrogens with one attached hydrogen (secondary N) is 1. The first-order chi connectivity index (χ1) is 15.7. The normalized spacial score (nSPS) is 17.3. The summed E-state index contributed by atoms with van der Waals surface area (Å²) in [6.45, 7) is 8.34. The molecule has 8 heteroatoms. The highest BCUT2D eigenvalue weighted by molar-refractivity contribution is 7.92. The minimum Gasteiger partial charge on any atom is -0.494 e. The van der Waals surface area contributed by atoms with Gasteiger partial charge in [-0.05, 0) is 62.4 Å². The lowest BCUT2D eigenvalue weighted by Crippen LogP contribution is -2.41. The molecule has 0 aliphatic carbocycles. The van der Waals surface area contributed by atoms with Crippen molar-refractivity contribution < 1.29 is 17.9 Å². The van der Waals surface area contributed by atoms with E-state index in [2.05, 4.69) is 29.3 Å². The molecule has 1 amide bonds. The van der Waals surface area contributed by atoms with Crippen molar-refractivity contribution in [1.82, 2.24) is 5.32 Å². The molecule has 7 nitrogen and oxygen atoms in total. The van der Waals surface area contributed by atoms with Crippen molar-refractivity contribution >= 4 is 27.3 Å². The highest BCUT2D eigenvalue weighted by atomic mass is 32.2. The number of carbonyl (C=O) groups excluding carboxylic acids is 1. The van der Waals surface area contributed by atoms with E-state index in [9.17, 15) is 13.2 Å². The van der Waals surface area contributed by atoms with E-state index < -0.39 is 10.0 Å². The number of anilines is 2. The van der Waals surface area contributed by atoms with E-state index >= 15 is 0 Å². The Kier molecular flexibility index (Phi) is 8.24. The molecule has 2 aromatic carbocycles. The van der Waals surface area contributed by atoms with Gasteiger partial charge >= 0.3 is 0 Å². The molecule has 1 aliphatic heterocycles. The van der Waals surface area contributed by atoms with Crippen LogP contribution >= 0.6 is 0 Å². The van der Waals surface area contributed by atoms with Crippen LogP contribution in [0.2, 0.25) is 0 Å². The van der Waals surface area contributed by atoms with E-state index in [0.717, 1.165) is 29.2 Å². The fourth-order valence-corrected chi connectivity index (χ4v) is 5.04. The van der Waals surface area contributed by atoms with Crippen molar-refractivity contribution in [2.24, 2.45) is 5.92 Å². The molecular formula is C25H35N3O4S. The molecule has 3 rings (SSSR count). The maximum absolute atomic E-state index is 12.8. The Morgan fingerprint density at radius 3 is 2.61 bits per heavy atom. The van der Waals surface area contributed by atoms with Gasteiger partial charge in [0.1, 0.15) is 12.3 Å². The van der Waals surface area contributed by atoms with Crippen LogP contribution in [0.15, 0.2) is 48.5 Å². The van der Waals surface area contributed by atoms with Crippen LogP contribution in [-0.4, -0.2) is 46.8 Å². The summed E-state index contributed by atoms with van der Waals surface area (Å²) in [5.74, 6) is 0.882. The monoisotopic (exact) mass is 473 g/mol. The molecule has 1 saturated heterocycles. The van der Waals surface area contributed by atoms with Gasteiger partial charge in [0.25, 0.3) is 0 Å². The third kappa shape index (κ3) is 6.87. The lowest BCUT2D eigenvalue weighted by atomic mass is 9.99. The van der Waals surface area contributed by atoms with Crippen LogP contribution in [-0.2, 0) is 14.8 Å². The van der Waals surface area contributed by atoms with E-state index in [1.165, 1.54) is 18.5 Å². The lowest BCUT2D eigenvalue weighted by molar-refractivity contribution is -0.120. The fraction of sp³-hybridized carbons (Fsp3) is 0.480. The van der Waals surface area contributed by atoms with Crippen molar-refractivity contribution in [2.45, 2.75) is 39.7 Å². The van der Waals surface area contributed by atoms with Crippen LogP contribution in [0.4, 0.5) is 11.4 Å². The summed E-state index contributed by atoms with van der Waals surface area (Å²) in [7, 11) is -3.66. The summed E-state index contributed by atoms with van der Waals surface area (Å²) in [4.78, 5) is 15.2. The highest BCUT2D eigenvalue weighted by Gasteiger charge is 2.23. The van der Waals surface area contributed by atoms with Gasteiger partial charge in [-0.1, -0.05) is 25.1 Å². The van der Waals surface area contributed by atoms with Crippen molar-refractivity contribution in [3.05, 3.63) is 54.1 Å². The topological polar surface area (TPSA) is 79.0 Å². The largest absolute Gasteiger partial charge is 0.494 e. The average Bonchev–Trinajstić information content (AvgIpc) is 2.77. The molecule has 0 spiro atoms. The number of nitrogens with zero attached hydrogens (tertiary/aromatic N) is 2. The highest BCUT2D eigenvalue weighted by Crippen LogP contribution is 2.25. The van der Waals surface area contributed by atoms with Gasteiger partial charge in [0, 0.05) is 24.8 Å². The Labute approximate surface area is 197 Å². The predicted molar refractivity (Wildman–Crippen MR) is 133 cm³/mol. The summed E-state index contributed by atoms with van der Waals surface area (Å²) in [5.41, 5.74) is 2.56. The number of ether oxygens (including phenoxy) is 1. The number of piperidine rings is 1. The quantitative estimate of drug-likeness (QED) is 0.596. The smallest absolute Gasteiger partial charge is 0.241 e. The van der Waals surface area contributed by atoms with Gasteiger partial charge in [-0.15, -0.1) is 0 Å². The second kappa shape index (κ2) is 10.9. The zero-order valence-electron chi connectivity index (χ0n) is 20.0. The number of amides is 1.